The van der Waals surface area contributed by atoms with Crippen LogP contribution in [0.15, 0.2) is 28.6 Å². The minimum Gasteiger partial charge on any atom is -0.301 e. The number of rotatable bonds is 6. The van der Waals surface area contributed by atoms with E-state index in [1.807, 2.05) is 0 Å². The maximum absolute atomic E-state index is 12.5. The molecular weight excluding hydrogens is 360 g/mol. The lowest BCUT2D eigenvalue weighted by Crippen LogP contribution is -2.26. The summed E-state index contributed by atoms with van der Waals surface area (Å²) in [6, 6.07) is 6.89. The highest BCUT2D eigenvalue weighted by Crippen LogP contribution is 2.24. The molecule has 0 spiro atoms. The molecule has 1 aromatic heterocycles. The third kappa shape index (κ3) is 4.47. The second kappa shape index (κ2) is 7.35. The van der Waals surface area contributed by atoms with Crippen molar-refractivity contribution in [2.75, 3.05) is 12.4 Å². The van der Waals surface area contributed by atoms with Gasteiger partial charge in [-0.25, -0.2) is 8.42 Å². The molecular formula is C13H15ClN4O3S2. The molecule has 0 bridgehead atoms. The molecule has 7 nitrogen and oxygen atoms in total. The largest absolute Gasteiger partial charge is 0.301 e. The molecule has 124 valence electrons. The maximum atomic E-state index is 12.5. The summed E-state index contributed by atoms with van der Waals surface area (Å²) in [6.07, 6.45) is 0.276. The Morgan fingerprint density at radius 2 is 1.96 bits per heavy atom. The Hall–Kier alpha value is -1.55. The average molecular weight is 375 g/mol. The van der Waals surface area contributed by atoms with Gasteiger partial charge in [-0.3, -0.25) is 4.79 Å². The molecule has 1 aromatic carbocycles. The van der Waals surface area contributed by atoms with Gasteiger partial charge in [0.1, 0.15) is 0 Å². The number of nitrogens with zero attached hydrogens (tertiary/aromatic N) is 3. The summed E-state index contributed by atoms with van der Waals surface area (Å²) in [4.78, 5) is 11.3. The molecule has 10 heteroatoms. The predicted molar refractivity (Wildman–Crippen MR) is 88.9 cm³/mol. The van der Waals surface area contributed by atoms with Gasteiger partial charge in [0.05, 0.1) is 0 Å². The van der Waals surface area contributed by atoms with Gasteiger partial charge in [-0.15, -0.1) is 10.2 Å². The summed E-state index contributed by atoms with van der Waals surface area (Å²) in [6.45, 7) is 1.86. The third-order valence-corrected chi connectivity index (χ3v) is 6.16. The van der Waals surface area contributed by atoms with Gasteiger partial charge < -0.3 is 5.32 Å². The number of hydrogen-bond donors (Lipinski definition) is 1. The first-order valence-corrected chi connectivity index (χ1v) is 9.30. The molecule has 1 amide bonds. The van der Waals surface area contributed by atoms with E-state index in [1.165, 1.54) is 11.4 Å². The van der Waals surface area contributed by atoms with Gasteiger partial charge in [0.2, 0.25) is 15.4 Å². The van der Waals surface area contributed by atoms with Crippen molar-refractivity contribution in [3.8, 4) is 0 Å². The second-order valence-corrected chi connectivity index (χ2v) is 8.29. The fraction of sp³-hybridized carbons (Fsp3) is 0.308. The van der Waals surface area contributed by atoms with Gasteiger partial charge in [-0.05, 0) is 17.7 Å². The van der Waals surface area contributed by atoms with E-state index < -0.39 is 10.0 Å². The minimum atomic E-state index is -3.78. The molecule has 0 saturated carbocycles. The Labute approximate surface area is 143 Å². The smallest absolute Gasteiger partial charge is 0.272 e. The number of anilines is 1. The van der Waals surface area contributed by atoms with E-state index in [0.29, 0.717) is 5.02 Å². The van der Waals surface area contributed by atoms with Crippen LogP contribution < -0.4 is 5.32 Å². The first kappa shape index (κ1) is 17.8. The number of benzene rings is 1. The van der Waals surface area contributed by atoms with Crippen LogP contribution in [0.5, 0.6) is 0 Å². The first-order valence-electron chi connectivity index (χ1n) is 6.67. The van der Waals surface area contributed by atoms with Crippen LogP contribution in [0.2, 0.25) is 5.02 Å². The van der Waals surface area contributed by atoms with Crippen LogP contribution in [0.3, 0.4) is 0 Å². The number of hydrogen-bond acceptors (Lipinski definition) is 6. The van der Waals surface area contributed by atoms with Crippen LogP contribution in [0, 0.1) is 0 Å². The van der Waals surface area contributed by atoms with E-state index in [2.05, 4.69) is 15.5 Å². The number of aromatic nitrogens is 2. The molecule has 0 radical (unpaired) electrons. The van der Waals surface area contributed by atoms with Gasteiger partial charge in [0.15, 0.2) is 0 Å². The van der Waals surface area contributed by atoms with Crippen molar-refractivity contribution in [1.29, 1.82) is 0 Å². The van der Waals surface area contributed by atoms with Gasteiger partial charge in [0.25, 0.3) is 10.0 Å². The van der Waals surface area contributed by atoms with E-state index in [9.17, 15) is 13.2 Å². The summed E-state index contributed by atoms with van der Waals surface area (Å²) in [7, 11) is -2.32. The number of sulfonamides is 1. The lowest BCUT2D eigenvalue weighted by molar-refractivity contribution is -0.115. The number of carbonyl (C=O) groups excluding carboxylic acids is 1. The Morgan fingerprint density at radius 1 is 1.30 bits per heavy atom. The van der Waals surface area contributed by atoms with Crippen LogP contribution in [-0.2, 0) is 21.4 Å². The van der Waals surface area contributed by atoms with Gasteiger partial charge >= 0.3 is 0 Å². The van der Waals surface area contributed by atoms with E-state index in [-0.39, 0.29) is 28.3 Å². The summed E-state index contributed by atoms with van der Waals surface area (Å²) in [5.74, 6) is -0.250. The van der Waals surface area contributed by atoms with Crippen molar-refractivity contribution in [3.63, 3.8) is 0 Å². The molecule has 0 aliphatic heterocycles. The maximum Gasteiger partial charge on any atom is 0.272 e. The van der Waals surface area contributed by atoms with Crippen LogP contribution in [-0.4, -0.2) is 35.9 Å². The molecule has 0 aliphatic carbocycles. The highest BCUT2D eigenvalue weighted by molar-refractivity contribution is 7.91. The van der Waals surface area contributed by atoms with E-state index in [4.69, 9.17) is 11.6 Å². The molecule has 2 rings (SSSR count). The average Bonchev–Trinajstić information content (AvgIpc) is 2.98. The van der Waals surface area contributed by atoms with E-state index in [1.54, 1.807) is 31.2 Å². The summed E-state index contributed by atoms with van der Waals surface area (Å²) in [5.41, 5.74) is 0.796. The van der Waals surface area contributed by atoms with Gasteiger partial charge in [-0.1, -0.05) is 42.0 Å². The molecule has 1 N–H and O–H groups in total. The topological polar surface area (TPSA) is 92.3 Å². The Bertz CT molecular complexity index is 790. The lowest BCUT2D eigenvalue weighted by atomic mass is 10.2. The van der Waals surface area contributed by atoms with Crippen molar-refractivity contribution in [2.24, 2.45) is 0 Å². The monoisotopic (exact) mass is 374 g/mol. The van der Waals surface area contributed by atoms with Gasteiger partial charge in [-0.2, -0.15) is 4.31 Å². The van der Waals surface area contributed by atoms with Crippen molar-refractivity contribution in [2.45, 2.75) is 24.2 Å². The summed E-state index contributed by atoms with van der Waals surface area (Å²) in [5, 5.41) is 10.6. The van der Waals surface area contributed by atoms with Crippen LogP contribution in [0.4, 0.5) is 5.13 Å². The Kier molecular flexibility index (Phi) is 5.69. The molecule has 0 aliphatic rings. The van der Waals surface area contributed by atoms with Crippen molar-refractivity contribution >= 4 is 44.0 Å². The minimum absolute atomic E-state index is 0.162. The van der Waals surface area contributed by atoms with Crippen molar-refractivity contribution in [3.05, 3.63) is 34.9 Å². The van der Waals surface area contributed by atoms with Crippen LogP contribution in [0.25, 0.3) is 0 Å². The fourth-order valence-corrected chi connectivity index (χ4v) is 4.03. The quantitative estimate of drug-likeness (QED) is 0.783. The van der Waals surface area contributed by atoms with Crippen LogP contribution in [0.1, 0.15) is 18.9 Å². The molecule has 0 atom stereocenters. The third-order valence-electron chi connectivity index (χ3n) is 2.92. The molecule has 23 heavy (non-hydrogen) atoms. The normalized spacial score (nSPS) is 11.7. The Morgan fingerprint density at radius 3 is 2.57 bits per heavy atom. The van der Waals surface area contributed by atoms with E-state index >= 15 is 0 Å². The molecule has 1 heterocycles. The molecule has 2 aromatic rings. The molecule has 0 unspecified atom stereocenters. The number of amides is 1. The highest BCUT2D eigenvalue weighted by Gasteiger charge is 2.26. The summed E-state index contributed by atoms with van der Waals surface area (Å²) < 4.78 is 25.9. The Balaban J connectivity index is 2.13. The van der Waals surface area contributed by atoms with Crippen LogP contribution >= 0.6 is 22.9 Å². The van der Waals surface area contributed by atoms with E-state index in [0.717, 1.165) is 16.9 Å². The second-order valence-electron chi connectivity index (χ2n) is 4.66. The first-order chi connectivity index (χ1) is 10.8. The summed E-state index contributed by atoms with van der Waals surface area (Å²) >= 11 is 6.63. The SMILES string of the molecule is CCC(=O)Nc1nnc(S(=O)(=O)N(C)Cc2ccc(Cl)cc2)s1. The van der Waals surface area contributed by atoms with Crippen molar-refractivity contribution in [1.82, 2.24) is 14.5 Å². The number of nitrogens with one attached hydrogen (secondary N) is 1. The zero-order valence-corrected chi connectivity index (χ0v) is 14.9. The standard InChI is InChI=1S/C13H15ClN4O3S2/c1-3-11(19)15-12-16-17-13(22-12)23(20,21)18(2)8-9-4-6-10(14)7-5-9/h4-7H,3,8H2,1-2H3,(H,15,16,19). The van der Waals surface area contributed by atoms with Gasteiger partial charge in [0, 0.05) is 25.0 Å². The molecule has 0 saturated heterocycles. The lowest BCUT2D eigenvalue weighted by Gasteiger charge is -2.14. The fourth-order valence-electron chi connectivity index (χ4n) is 1.64. The zero-order valence-electron chi connectivity index (χ0n) is 12.5. The molecule has 0 fully saturated rings. The zero-order chi connectivity index (χ0) is 17.0. The number of carbonyl (C=O) groups is 1. The highest BCUT2D eigenvalue weighted by atomic mass is 35.5. The number of halogens is 1. The predicted octanol–water partition coefficient (Wildman–Crippen LogP) is 2.36. The van der Waals surface area contributed by atoms with Crippen molar-refractivity contribution < 1.29 is 13.2 Å².